The van der Waals surface area contributed by atoms with Crippen molar-refractivity contribution in [2.75, 3.05) is 0 Å². The number of aliphatic hydroxyl groups excluding tert-OH is 1. The summed E-state index contributed by atoms with van der Waals surface area (Å²) in [6.07, 6.45) is -2.60. The minimum atomic E-state index is -4.79. The summed E-state index contributed by atoms with van der Waals surface area (Å²) in [5.74, 6) is -0.392. The highest BCUT2D eigenvalue weighted by Gasteiger charge is 2.32. The first-order valence-electron chi connectivity index (χ1n) is 5.87. The maximum absolute atomic E-state index is 12.3. The highest BCUT2D eigenvalue weighted by Crippen LogP contribution is 2.31. The summed E-state index contributed by atoms with van der Waals surface area (Å²) in [5, 5.41) is 10.1. The second kappa shape index (κ2) is 5.92. The molecular formula is C14H12F3NO2. The molecule has 2 aromatic rings. The van der Waals surface area contributed by atoms with Crippen LogP contribution in [0.2, 0.25) is 0 Å². The van der Waals surface area contributed by atoms with E-state index in [9.17, 15) is 18.3 Å². The Labute approximate surface area is 113 Å². The fraction of sp³-hybridized carbons (Fsp3) is 0.214. The molecule has 0 radical (unpaired) electrons. The van der Waals surface area contributed by atoms with Gasteiger partial charge in [-0.25, -0.2) is 0 Å². The third-order valence-corrected chi connectivity index (χ3v) is 2.66. The second-order valence-corrected chi connectivity index (χ2v) is 4.17. The Bertz CT molecular complexity index is 558. The summed E-state index contributed by atoms with van der Waals surface area (Å²) < 4.78 is 40.8. The second-order valence-electron chi connectivity index (χ2n) is 4.17. The molecule has 1 N–H and O–H groups in total. The monoisotopic (exact) mass is 283 g/mol. The lowest BCUT2D eigenvalue weighted by Crippen LogP contribution is -2.19. The van der Waals surface area contributed by atoms with E-state index in [2.05, 4.69) is 9.72 Å². The van der Waals surface area contributed by atoms with E-state index in [1.54, 1.807) is 30.6 Å². The van der Waals surface area contributed by atoms with Crippen molar-refractivity contribution in [3.8, 4) is 5.75 Å². The van der Waals surface area contributed by atoms with Gasteiger partial charge in [0.15, 0.2) is 0 Å². The van der Waals surface area contributed by atoms with Crippen LogP contribution in [-0.2, 0) is 6.42 Å². The lowest BCUT2D eigenvalue weighted by atomic mass is 10.0. The number of para-hydroxylation sites is 1. The molecule has 0 fully saturated rings. The van der Waals surface area contributed by atoms with Crippen molar-refractivity contribution in [3.05, 3.63) is 59.9 Å². The average Bonchev–Trinajstić information content (AvgIpc) is 2.38. The molecule has 2 rings (SSSR count). The first-order chi connectivity index (χ1) is 9.46. The Morgan fingerprint density at radius 1 is 1.15 bits per heavy atom. The van der Waals surface area contributed by atoms with Crippen molar-refractivity contribution < 1.29 is 23.0 Å². The average molecular weight is 283 g/mol. The molecule has 0 aliphatic carbocycles. The molecule has 1 heterocycles. The number of hydrogen-bond acceptors (Lipinski definition) is 3. The molecule has 0 aliphatic rings. The minimum absolute atomic E-state index is 0.0914. The number of rotatable bonds is 4. The number of aliphatic hydroxyl groups is 1. The van der Waals surface area contributed by atoms with Gasteiger partial charge in [-0.15, -0.1) is 13.2 Å². The molecule has 3 nitrogen and oxygen atoms in total. The molecule has 0 spiro atoms. The standard InChI is InChI=1S/C14H12F3NO2/c15-14(16,17)20-13-6-2-1-5-11(13)12(19)8-10-4-3-7-18-9-10/h1-7,9,12,19H,8H2. The number of nitrogens with zero attached hydrogens (tertiary/aromatic N) is 1. The molecule has 1 aromatic carbocycles. The molecule has 1 atom stereocenters. The van der Waals surface area contributed by atoms with Crippen LogP contribution in [0.1, 0.15) is 17.2 Å². The van der Waals surface area contributed by atoms with Crippen molar-refractivity contribution in [2.45, 2.75) is 18.9 Å². The number of halogens is 3. The van der Waals surface area contributed by atoms with Crippen LogP contribution in [0.15, 0.2) is 48.8 Å². The number of hydrogen-bond donors (Lipinski definition) is 1. The van der Waals surface area contributed by atoms with Gasteiger partial charge in [0.1, 0.15) is 5.75 Å². The van der Waals surface area contributed by atoms with Crippen LogP contribution in [-0.4, -0.2) is 16.5 Å². The molecule has 106 valence electrons. The first kappa shape index (κ1) is 14.3. The lowest BCUT2D eigenvalue weighted by Gasteiger charge is -2.17. The molecular weight excluding hydrogens is 271 g/mol. The van der Waals surface area contributed by atoms with Gasteiger partial charge in [0.05, 0.1) is 6.10 Å². The van der Waals surface area contributed by atoms with Crippen LogP contribution in [0.5, 0.6) is 5.75 Å². The normalized spacial score (nSPS) is 13.0. The Morgan fingerprint density at radius 2 is 1.90 bits per heavy atom. The largest absolute Gasteiger partial charge is 0.573 e. The van der Waals surface area contributed by atoms with Gasteiger partial charge in [0, 0.05) is 24.4 Å². The van der Waals surface area contributed by atoms with E-state index < -0.39 is 18.2 Å². The van der Waals surface area contributed by atoms with E-state index >= 15 is 0 Å². The van der Waals surface area contributed by atoms with E-state index in [4.69, 9.17) is 0 Å². The molecule has 0 bridgehead atoms. The SMILES string of the molecule is OC(Cc1cccnc1)c1ccccc1OC(F)(F)F. The van der Waals surface area contributed by atoms with E-state index in [1.165, 1.54) is 18.2 Å². The van der Waals surface area contributed by atoms with E-state index in [0.29, 0.717) is 0 Å². The summed E-state index contributed by atoms with van der Waals surface area (Å²) in [6, 6.07) is 8.98. The third kappa shape index (κ3) is 3.96. The molecule has 1 unspecified atom stereocenters. The summed E-state index contributed by atoms with van der Waals surface area (Å²) in [6.45, 7) is 0. The Kier molecular flexibility index (Phi) is 4.24. The van der Waals surface area contributed by atoms with Crippen molar-refractivity contribution in [1.29, 1.82) is 0 Å². The summed E-state index contributed by atoms with van der Waals surface area (Å²) >= 11 is 0. The van der Waals surface area contributed by atoms with Crippen LogP contribution in [0, 0.1) is 0 Å². The van der Waals surface area contributed by atoms with E-state index in [-0.39, 0.29) is 12.0 Å². The number of benzene rings is 1. The zero-order valence-electron chi connectivity index (χ0n) is 10.3. The fourth-order valence-electron chi connectivity index (χ4n) is 1.83. The molecule has 20 heavy (non-hydrogen) atoms. The van der Waals surface area contributed by atoms with Gasteiger partial charge < -0.3 is 9.84 Å². The van der Waals surface area contributed by atoms with E-state index in [0.717, 1.165) is 5.56 Å². The van der Waals surface area contributed by atoms with Crippen LogP contribution < -0.4 is 4.74 Å². The van der Waals surface area contributed by atoms with Gasteiger partial charge in [-0.1, -0.05) is 24.3 Å². The topological polar surface area (TPSA) is 42.4 Å². The predicted molar refractivity (Wildman–Crippen MR) is 66.0 cm³/mol. The smallest absolute Gasteiger partial charge is 0.405 e. The molecule has 0 aliphatic heterocycles. The van der Waals surface area contributed by atoms with E-state index in [1.807, 2.05) is 0 Å². The highest BCUT2D eigenvalue weighted by molar-refractivity contribution is 5.36. The molecule has 1 aromatic heterocycles. The van der Waals surface area contributed by atoms with Crippen LogP contribution in [0.3, 0.4) is 0 Å². The lowest BCUT2D eigenvalue weighted by molar-refractivity contribution is -0.275. The van der Waals surface area contributed by atoms with Gasteiger partial charge in [-0.3, -0.25) is 4.98 Å². The van der Waals surface area contributed by atoms with Crippen LogP contribution >= 0.6 is 0 Å². The quantitative estimate of drug-likeness (QED) is 0.936. The zero-order valence-corrected chi connectivity index (χ0v) is 10.3. The van der Waals surface area contributed by atoms with Gasteiger partial charge >= 0.3 is 6.36 Å². The van der Waals surface area contributed by atoms with Crippen molar-refractivity contribution in [3.63, 3.8) is 0 Å². The Balaban J connectivity index is 2.19. The Morgan fingerprint density at radius 3 is 2.55 bits per heavy atom. The van der Waals surface area contributed by atoms with Crippen molar-refractivity contribution in [1.82, 2.24) is 4.98 Å². The molecule has 0 amide bonds. The minimum Gasteiger partial charge on any atom is -0.405 e. The maximum atomic E-state index is 12.3. The number of ether oxygens (including phenoxy) is 1. The van der Waals surface area contributed by atoms with Crippen LogP contribution in [0.25, 0.3) is 0 Å². The number of alkyl halides is 3. The van der Waals surface area contributed by atoms with Gasteiger partial charge in [-0.05, 0) is 17.7 Å². The molecule has 0 saturated heterocycles. The predicted octanol–water partition coefficient (Wildman–Crippen LogP) is 3.26. The van der Waals surface area contributed by atoms with Crippen LogP contribution in [0.4, 0.5) is 13.2 Å². The third-order valence-electron chi connectivity index (χ3n) is 2.66. The highest BCUT2D eigenvalue weighted by atomic mass is 19.4. The fourth-order valence-corrected chi connectivity index (χ4v) is 1.83. The molecule has 6 heteroatoms. The molecule has 0 saturated carbocycles. The summed E-state index contributed by atoms with van der Waals surface area (Å²) in [4.78, 5) is 3.89. The number of aromatic nitrogens is 1. The first-order valence-corrected chi connectivity index (χ1v) is 5.87. The maximum Gasteiger partial charge on any atom is 0.573 e. The van der Waals surface area contributed by atoms with Crippen molar-refractivity contribution >= 4 is 0 Å². The summed E-state index contributed by atoms with van der Waals surface area (Å²) in [7, 11) is 0. The van der Waals surface area contributed by atoms with Gasteiger partial charge in [0.2, 0.25) is 0 Å². The van der Waals surface area contributed by atoms with Gasteiger partial charge in [-0.2, -0.15) is 0 Å². The zero-order chi connectivity index (χ0) is 14.6. The van der Waals surface area contributed by atoms with Crippen molar-refractivity contribution in [2.24, 2.45) is 0 Å². The Hall–Kier alpha value is -2.08. The summed E-state index contributed by atoms with van der Waals surface area (Å²) in [5.41, 5.74) is 0.815. The van der Waals surface area contributed by atoms with Gasteiger partial charge in [0.25, 0.3) is 0 Å². The number of pyridine rings is 1.